The van der Waals surface area contributed by atoms with Crippen molar-refractivity contribution >= 4 is 31.4 Å². The maximum absolute atomic E-state index is 12.7. The summed E-state index contributed by atoms with van der Waals surface area (Å²) in [7, 11) is -1.96. The molecule has 0 saturated heterocycles. The second-order valence-electron chi connectivity index (χ2n) is 4.95. The summed E-state index contributed by atoms with van der Waals surface area (Å²) < 4.78 is 27.7. The van der Waals surface area contributed by atoms with Crippen LogP contribution in [-0.2, 0) is 10.0 Å². The summed E-state index contributed by atoms with van der Waals surface area (Å²) in [5.41, 5.74) is 0. The van der Waals surface area contributed by atoms with Crippen LogP contribution in [-0.4, -0.2) is 37.5 Å². The minimum absolute atomic E-state index is 0.309. The molecule has 0 saturated carbocycles. The smallest absolute Gasteiger partial charge is 0.244 e. The first-order valence-corrected chi connectivity index (χ1v) is 8.72. The topological polar surface area (TPSA) is 57.6 Å². The van der Waals surface area contributed by atoms with Crippen molar-refractivity contribution in [2.45, 2.75) is 31.3 Å². The van der Waals surface area contributed by atoms with E-state index in [9.17, 15) is 13.5 Å². The van der Waals surface area contributed by atoms with E-state index in [2.05, 4.69) is 0 Å². The molecule has 0 amide bonds. The molecule has 1 aromatic carbocycles. The minimum Gasteiger partial charge on any atom is -0.393 e. The zero-order chi connectivity index (χ0) is 14.9. The molecule has 0 fully saturated rings. The van der Waals surface area contributed by atoms with Gasteiger partial charge in [0.2, 0.25) is 10.0 Å². The summed E-state index contributed by atoms with van der Waals surface area (Å²) in [4.78, 5) is 1.20. The highest BCUT2D eigenvalue weighted by Crippen LogP contribution is 2.35. The fraction of sp³-hybridized carbons (Fsp3) is 0.429. The molecule has 1 atom stereocenters. The Labute approximate surface area is 123 Å². The number of aryl methyl sites for hydroxylation is 1. The minimum atomic E-state index is -3.52. The van der Waals surface area contributed by atoms with Gasteiger partial charge >= 0.3 is 0 Å². The van der Waals surface area contributed by atoms with Crippen LogP contribution in [0.1, 0.15) is 18.2 Å². The van der Waals surface area contributed by atoms with Crippen molar-refractivity contribution in [1.29, 1.82) is 0 Å². The van der Waals surface area contributed by atoms with Crippen molar-refractivity contribution < 1.29 is 13.5 Å². The second kappa shape index (κ2) is 5.81. The number of benzene rings is 1. The van der Waals surface area contributed by atoms with Crippen LogP contribution in [0.15, 0.2) is 29.2 Å². The number of hydrogen-bond acceptors (Lipinski definition) is 4. The van der Waals surface area contributed by atoms with Crippen LogP contribution >= 0.6 is 11.3 Å². The first kappa shape index (κ1) is 15.4. The van der Waals surface area contributed by atoms with E-state index in [0.717, 1.165) is 15.0 Å². The van der Waals surface area contributed by atoms with E-state index in [4.69, 9.17) is 0 Å². The number of hydrogen-bond donors (Lipinski definition) is 1. The Balaban J connectivity index is 2.44. The summed E-state index contributed by atoms with van der Waals surface area (Å²) in [5, 5.41) is 10.1. The molecule has 0 spiro atoms. The molecule has 1 N–H and O–H groups in total. The summed E-state index contributed by atoms with van der Waals surface area (Å²) >= 11 is 1.49. The molecule has 20 heavy (non-hydrogen) atoms. The fourth-order valence-corrected chi connectivity index (χ4v) is 5.05. The zero-order valence-electron chi connectivity index (χ0n) is 11.8. The molecule has 0 aliphatic rings. The van der Waals surface area contributed by atoms with Crippen molar-refractivity contribution in [2.75, 3.05) is 13.6 Å². The molecule has 6 heteroatoms. The quantitative estimate of drug-likeness (QED) is 0.923. The molecule has 0 bridgehead atoms. The molecule has 110 valence electrons. The molecule has 0 radical (unpaired) electrons. The number of thiophene rings is 1. The van der Waals surface area contributed by atoms with Gasteiger partial charge in [0, 0.05) is 28.6 Å². The maximum Gasteiger partial charge on any atom is 0.244 e. The number of aliphatic hydroxyl groups excluding tert-OH is 1. The Bertz CT molecular complexity index is 704. The van der Waals surface area contributed by atoms with Gasteiger partial charge < -0.3 is 5.11 Å². The lowest BCUT2D eigenvalue weighted by Gasteiger charge is -2.18. The average Bonchev–Trinajstić information content (AvgIpc) is 2.71. The van der Waals surface area contributed by atoms with Gasteiger partial charge in [0.25, 0.3) is 0 Å². The first-order valence-electron chi connectivity index (χ1n) is 6.46. The van der Waals surface area contributed by atoms with Crippen LogP contribution in [0, 0.1) is 6.92 Å². The molecule has 1 heterocycles. The molecule has 2 rings (SSSR count). The SMILES string of the molecule is Cc1sc2ccccc2c1S(=O)(=O)N(C)CCC(C)O. The lowest BCUT2D eigenvalue weighted by molar-refractivity contribution is 0.177. The van der Waals surface area contributed by atoms with E-state index in [0.29, 0.717) is 17.9 Å². The Hall–Kier alpha value is -0.950. The van der Waals surface area contributed by atoms with Crippen LogP contribution in [0.25, 0.3) is 10.1 Å². The van der Waals surface area contributed by atoms with Crippen molar-refractivity contribution in [1.82, 2.24) is 4.31 Å². The lowest BCUT2D eigenvalue weighted by atomic mass is 10.2. The molecule has 1 aromatic heterocycles. The van der Waals surface area contributed by atoms with Crippen molar-refractivity contribution in [3.05, 3.63) is 29.1 Å². The third-order valence-corrected chi connectivity index (χ3v) is 6.51. The van der Waals surface area contributed by atoms with Crippen LogP contribution in [0.5, 0.6) is 0 Å². The lowest BCUT2D eigenvalue weighted by Crippen LogP contribution is -2.29. The number of fused-ring (bicyclic) bond motifs is 1. The molecule has 4 nitrogen and oxygen atoms in total. The summed E-state index contributed by atoms with van der Waals surface area (Å²) in [6, 6.07) is 7.53. The fourth-order valence-electron chi connectivity index (χ4n) is 2.11. The Morgan fingerprint density at radius 1 is 1.35 bits per heavy atom. The van der Waals surface area contributed by atoms with Crippen LogP contribution in [0.4, 0.5) is 0 Å². The predicted molar refractivity (Wildman–Crippen MR) is 82.7 cm³/mol. The van der Waals surface area contributed by atoms with Crippen LogP contribution < -0.4 is 0 Å². The van der Waals surface area contributed by atoms with Gasteiger partial charge in [-0.2, -0.15) is 0 Å². The monoisotopic (exact) mass is 313 g/mol. The molecular weight excluding hydrogens is 294 g/mol. The van der Waals surface area contributed by atoms with Gasteiger partial charge in [0.1, 0.15) is 4.90 Å². The predicted octanol–water partition coefficient (Wildman–Crippen LogP) is 2.60. The largest absolute Gasteiger partial charge is 0.393 e. The van der Waals surface area contributed by atoms with E-state index in [1.807, 2.05) is 31.2 Å². The Morgan fingerprint density at radius 3 is 2.65 bits per heavy atom. The van der Waals surface area contributed by atoms with Gasteiger partial charge in [-0.3, -0.25) is 0 Å². The van der Waals surface area contributed by atoms with Crippen molar-refractivity contribution in [3.63, 3.8) is 0 Å². The highest BCUT2D eigenvalue weighted by molar-refractivity contribution is 7.89. The van der Waals surface area contributed by atoms with E-state index >= 15 is 0 Å². The van der Waals surface area contributed by atoms with Gasteiger partial charge in [-0.1, -0.05) is 18.2 Å². The van der Waals surface area contributed by atoms with Gasteiger partial charge in [0.05, 0.1) is 6.10 Å². The third-order valence-electron chi connectivity index (χ3n) is 3.24. The van der Waals surface area contributed by atoms with E-state index < -0.39 is 16.1 Å². The molecular formula is C14H19NO3S2. The summed E-state index contributed by atoms with van der Waals surface area (Å²) in [5.74, 6) is 0. The van der Waals surface area contributed by atoms with E-state index in [1.54, 1.807) is 14.0 Å². The van der Waals surface area contributed by atoms with Crippen molar-refractivity contribution in [3.8, 4) is 0 Å². The molecule has 2 aromatic rings. The number of nitrogens with zero attached hydrogens (tertiary/aromatic N) is 1. The summed E-state index contributed by atoms with van der Waals surface area (Å²) in [6.45, 7) is 3.80. The Morgan fingerprint density at radius 2 is 2.00 bits per heavy atom. The number of sulfonamides is 1. The summed E-state index contributed by atoms with van der Waals surface area (Å²) in [6.07, 6.45) is -0.0791. The molecule has 1 unspecified atom stereocenters. The standard InChI is InChI=1S/C14H19NO3S2/c1-10(16)8-9-15(3)20(17,18)14-11(2)19-13-7-5-4-6-12(13)14/h4-7,10,16H,8-9H2,1-3H3. The second-order valence-corrected chi connectivity index (χ2v) is 8.19. The van der Waals surface area contributed by atoms with Crippen LogP contribution in [0.2, 0.25) is 0 Å². The van der Waals surface area contributed by atoms with Gasteiger partial charge in [-0.05, 0) is 26.3 Å². The van der Waals surface area contributed by atoms with E-state index in [-0.39, 0.29) is 0 Å². The third kappa shape index (κ3) is 2.88. The molecule has 0 aliphatic carbocycles. The highest BCUT2D eigenvalue weighted by Gasteiger charge is 2.26. The molecule has 0 aliphatic heterocycles. The van der Waals surface area contributed by atoms with E-state index in [1.165, 1.54) is 15.6 Å². The van der Waals surface area contributed by atoms with Gasteiger partial charge in [-0.15, -0.1) is 11.3 Å². The van der Waals surface area contributed by atoms with Crippen LogP contribution in [0.3, 0.4) is 0 Å². The van der Waals surface area contributed by atoms with Crippen molar-refractivity contribution in [2.24, 2.45) is 0 Å². The zero-order valence-corrected chi connectivity index (χ0v) is 13.5. The number of rotatable bonds is 5. The normalized spacial score (nSPS) is 14.1. The van der Waals surface area contributed by atoms with Gasteiger partial charge in [0.15, 0.2) is 0 Å². The first-order chi connectivity index (χ1) is 9.34. The van der Waals surface area contributed by atoms with Gasteiger partial charge in [-0.25, -0.2) is 12.7 Å². The average molecular weight is 313 g/mol. The maximum atomic E-state index is 12.7. The highest BCUT2D eigenvalue weighted by atomic mass is 32.2. The number of aliphatic hydroxyl groups is 1. The Kier molecular flexibility index (Phi) is 4.49.